The molecule has 0 unspecified atom stereocenters. The van der Waals surface area contributed by atoms with Crippen LogP contribution >= 0.6 is 15.9 Å². The highest BCUT2D eigenvalue weighted by atomic mass is 79.9. The van der Waals surface area contributed by atoms with Crippen LogP contribution in [-0.2, 0) is 0 Å². The maximum Gasteiger partial charge on any atom is 0.149 e. The number of fused-ring (bicyclic) bond motifs is 1. The van der Waals surface area contributed by atoms with Gasteiger partial charge in [-0.3, -0.25) is 0 Å². The quantitative estimate of drug-likeness (QED) is 0.712. The second kappa shape index (κ2) is 2.94. The van der Waals surface area contributed by atoms with Crippen LogP contribution in [0.4, 0.5) is 11.5 Å². The molecule has 12 heavy (non-hydrogen) atoms. The monoisotopic (exact) mass is 227 g/mol. The van der Waals surface area contributed by atoms with Crippen molar-refractivity contribution in [3.63, 3.8) is 0 Å². The van der Waals surface area contributed by atoms with E-state index >= 15 is 0 Å². The third-order valence-corrected chi connectivity index (χ3v) is 2.69. The number of hydrogen-bond donors (Lipinski definition) is 2. The number of rotatable bonds is 0. The Morgan fingerprint density at radius 1 is 1.42 bits per heavy atom. The van der Waals surface area contributed by atoms with E-state index in [0.717, 1.165) is 34.8 Å². The summed E-state index contributed by atoms with van der Waals surface area (Å²) in [5, 5.41) is 6.51. The molecule has 1 aromatic rings. The lowest BCUT2D eigenvalue weighted by Gasteiger charge is -2.19. The molecular weight excluding hydrogens is 218 g/mol. The molecule has 1 aromatic heterocycles. The fraction of sp³-hybridized carbons (Fsp3) is 0.375. The van der Waals surface area contributed by atoms with Crippen LogP contribution in [0.3, 0.4) is 0 Å². The molecule has 2 heterocycles. The van der Waals surface area contributed by atoms with Crippen LogP contribution in [0.2, 0.25) is 0 Å². The van der Waals surface area contributed by atoms with E-state index in [-0.39, 0.29) is 0 Å². The summed E-state index contributed by atoms with van der Waals surface area (Å²) in [6.07, 6.45) is 0. The molecule has 0 amide bonds. The van der Waals surface area contributed by atoms with E-state index < -0.39 is 0 Å². The molecule has 4 heteroatoms. The van der Waals surface area contributed by atoms with Gasteiger partial charge in [0.2, 0.25) is 0 Å². The molecule has 64 valence electrons. The number of nitrogens with zero attached hydrogens (tertiary/aromatic N) is 1. The standard InChI is InChI=1S/C8H10BrN3/c1-5-6(9)4-7-8(12-5)11-3-2-10-7/h4,10H,2-3H2,1H3,(H,11,12). The van der Waals surface area contributed by atoms with Crippen molar-refractivity contribution in [1.82, 2.24) is 4.98 Å². The minimum absolute atomic E-state index is 0.946. The zero-order valence-corrected chi connectivity index (χ0v) is 8.40. The van der Waals surface area contributed by atoms with E-state index in [4.69, 9.17) is 0 Å². The van der Waals surface area contributed by atoms with Crippen molar-refractivity contribution in [3.05, 3.63) is 16.2 Å². The van der Waals surface area contributed by atoms with Gasteiger partial charge >= 0.3 is 0 Å². The van der Waals surface area contributed by atoms with Gasteiger partial charge in [0.15, 0.2) is 0 Å². The van der Waals surface area contributed by atoms with Crippen molar-refractivity contribution >= 4 is 27.4 Å². The summed E-state index contributed by atoms with van der Waals surface area (Å²) in [6.45, 7) is 3.89. The summed E-state index contributed by atoms with van der Waals surface area (Å²) >= 11 is 3.44. The second-order valence-electron chi connectivity index (χ2n) is 2.81. The molecule has 0 atom stereocenters. The highest BCUT2D eigenvalue weighted by molar-refractivity contribution is 9.10. The Balaban J connectivity index is 2.49. The van der Waals surface area contributed by atoms with Crippen LogP contribution in [-0.4, -0.2) is 18.1 Å². The number of pyridine rings is 1. The van der Waals surface area contributed by atoms with E-state index in [1.807, 2.05) is 6.92 Å². The lowest BCUT2D eigenvalue weighted by atomic mass is 10.3. The lowest BCUT2D eigenvalue weighted by Crippen LogP contribution is -2.21. The van der Waals surface area contributed by atoms with Gasteiger partial charge in [-0.15, -0.1) is 0 Å². The third-order valence-electron chi connectivity index (χ3n) is 1.88. The number of nitrogens with one attached hydrogen (secondary N) is 2. The molecule has 2 rings (SSSR count). The Morgan fingerprint density at radius 3 is 3.00 bits per heavy atom. The summed E-state index contributed by atoms with van der Waals surface area (Å²) in [5.74, 6) is 0.960. The minimum atomic E-state index is 0.946. The molecule has 0 saturated heterocycles. The SMILES string of the molecule is Cc1nc2c(cc1Br)NCCN2. The molecule has 0 spiro atoms. The Labute approximate surface area is 79.7 Å². The summed E-state index contributed by atoms with van der Waals surface area (Å²) in [7, 11) is 0. The van der Waals surface area contributed by atoms with Gasteiger partial charge in [0.05, 0.1) is 11.4 Å². The van der Waals surface area contributed by atoms with Gasteiger partial charge in [-0.05, 0) is 28.9 Å². The Bertz CT molecular complexity index is 280. The summed E-state index contributed by atoms with van der Waals surface area (Å²) < 4.78 is 1.05. The number of anilines is 2. The fourth-order valence-electron chi connectivity index (χ4n) is 1.23. The van der Waals surface area contributed by atoms with Gasteiger partial charge in [0.25, 0.3) is 0 Å². The molecule has 0 aliphatic carbocycles. The van der Waals surface area contributed by atoms with Crippen LogP contribution in [0.15, 0.2) is 10.5 Å². The van der Waals surface area contributed by atoms with E-state index in [0.29, 0.717) is 0 Å². The predicted octanol–water partition coefficient (Wildman–Crippen LogP) is 1.99. The first-order chi connectivity index (χ1) is 5.77. The summed E-state index contributed by atoms with van der Waals surface area (Å²) in [4.78, 5) is 4.39. The van der Waals surface area contributed by atoms with Gasteiger partial charge in [0, 0.05) is 17.6 Å². The molecular formula is C8H10BrN3. The zero-order chi connectivity index (χ0) is 8.55. The normalized spacial score (nSPS) is 14.5. The van der Waals surface area contributed by atoms with Gasteiger partial charge < -0.3 is 10.6 Å². The van der Waals surface area contributed by atoms with E-state index in [9.17, 15) is 0 Å². The van der Waals surface area contributed by atoms with E-state index in [1.165, 1.54) is 0 Å². The van der Waals surface area contributed by atoms with Crippen molar-refractivity contribution in [2.24, 2.45) is 0 Å². The molecule has 0 radical (unpaired) electrons. The zero-order valence-electron chi connectivity index (χ0n) is 6.82. The second-order valence-corrected chi connectivity index (χ2v) is 3.66. The average Bonchev–Trinajstić information content (AvgIpc) is 2.07. The number of hydrogen-bond acceptors (Lipinski definition) is 3. The van der Waals surface area contributed by atoms with Crippen molar-refractivity contribution < 1.29 is 0 Å². The number of halogens is 1. The fourth-order valence-corrected chi connectivity index (χ4v) is 1.55. The Morgan fingerprint density at radius 2 is 2.17 bits per heavy atom. The Kier molecular flexibility index (Phi) is 1.92. The highest BCUT2D eigenvalue weighted by Crippen LogP contribution is 2.27. The highest BCUT2D eigenvalue weighted by Gasteiger charge is 2.10. The summed E-state index contributed by atoms with van der Waals surface area (Å²) in [5.41, 5.74) is 2.10. The van der Waals surface area contributed by atoms with Crippen molar-refractivity contribution in [2.75, 3.05) is 23.7 Å². The van der Waals surface area contributed by atoms with Crippen molar-refractivity contribution in [3.8, 4) is 0 Å². The van der Waals surface area contributed by atoms with Gasteiger partial charge in [-0.2, -0.15) is 0 Å². The van der Waals surface area contributed by atoms with Crippen molar-refractivity contribution in [1.29, 1.82) is 0 Å². The molecule has 0 saturated carbocycles. The lowest BCUT2D eigenvalue weighted by molar-refractivity contribution is 1.00. The van der Waals surface area contributed by atoms with Crippen LogP contribution in [0.5, 0.6) is 0 Å². The maximum absolute atomic E-state index is 4.39. The smallest absolute Gasteiger partial charge is 0.149 e. The summed E-state index contributed by atoms with van der Waals surface area (Å²) in [6, 6.07) is 2.06. The first-order valence-corrected chi connectivity index (χ1v) is 4.71. The molecule has 0 aromatic carbocycles. The van der Waals surface area contributed by atoms with Gasteiger partial charge in [-0.1, -0.05) is 0 Å². The minimum Gasteiger partial charge on any atom is -0.380 e. The van der Waals surface area contributed by atoms with Crippen molar-refractivity contribution in [2.45, 2.75) is 6.92 Å². The van der Waals surface area contributed by atoms with Crippen LogP contribution < -0.4 is 10.6 Å². The predicted molar refractivity (Wildman–Crippen MR) is 53.7 cm³/mol. The van der Waals surface area contributed by atoms with Crippen LogP contribution in [0, 0.1) is 6.92 Å². The average molecular weight is 228 g/mol. The molecule has 2 N–H and O–H groups in total. The molecule has 3 nitrogen and oxygen atoms in total. The first kappa shape index (κ1) is 7.86. The number of aryl methyl sites for hydroxylation is 1. The van der Waals surface area contributed by atoms with E-state index in [1.54, 1.807) is 0 Å². The third kappa shape index (κ3) is 1.27. The maximum atomic E-state index is 4.39. The molecule has 1 aliphatic rings. The van der Waals surface area contributed by atoms with Gasteiger partial charge in [0.1, 0.15) is 5.82 Å². The first-order valence-electron chi connectivity index (χ1n) is 3.92. The molecule has 0 fully saturated rings. The van der Waals surface area contributed by atoms with Gasteiger partial charge in [-0.25, -0.2) is 4.98 Å². The number of aromatic nitrogens is 1. The topological polar surface area (TPSA) is 37.0 Å². The van der Waals surface area contributed by atoms with Crippen LogP contribution in [0.1, 0.15) is 5.69 Å². The van der Waals surface area contributed by atoms with E-state index in [2.05, 4.69) is 37.6 Å². The molecule has 1 aliphatic heterocycles. The molecule has 0 bridgehead atoms. The largest absolute Gasteiger partial charge is 0.380 e. The van der Waals surface area contributed by atoms with Crippen LogP contribution in [0.25, 0.3) is 0 Å². The Hall–Kier alpha value is -0.770.